The number of hydrogen-bond donors (Lipinski definition) is 1. The summed E-state index contributed by atoms with van der Waals surface area (Å²) < 4.78 is 0.751. The monoisotopic (exact) mass is 365 g/mol. The van der Waals surface area contributed by atoms with Crippen molar-refractivity contribution >= 4 is 46.3 Å². The van der Waals surface area contributed by atoms with Crippen molar-refractivity contribution in [2.45, 2.75) is 11.4 Å². The van der Waals surface area contributed by atoms with E-state index in [0.29, 0.717) is 12.3 Å². The van der Waals surface area contributed by atoms with Gasteiger partial charge in [0.1, 0.15) is 0 Å². The Morgan fingerprint density at radius 3 is 2.87 bits per heavy atom. The zero-order valence-corrected chi connectivity index (χ0v) is 15.0. The molecule has 0 unspecified atom stereocenters. The number of rotatable bonds is 7. The third-order valence-electron chi connectivity index (χ3n) is 2.92. The number of anilines is 1. The molecule has 0 aliphatic heterocycles. The van der Waals surface area contributed by atoms with Gasteiger partial charge in [-0.15, -0.1) is 23.1 Å². The van der Waals surface area contributed by atoms with Crippen molar-refractivity contribution in [2.24, 2.45) is 0 Å². The fraction of sp³-hybridized carbons (Fsp3) is 0.250. The van der Waals surface area contributed by atoms with Crippen molar-refractivity contribution in [1.82, 2.24) is 4.90 Å². The highest BCUT2D eigenvalue weighted by molar-refractivity contribution is 7.99. The topological polar surface area (TPSA) is 56.1 Å². The Hall–Kier alpha value is -1.52. The van der Waals surface area contributed by atoms with Gasteiger partial charge in [-0.1, -0.05) is 23.7 Å². The van der Waals surface area contributed by atoms with Gasteiger partial charge in [0.15, 0.2) is 0 Å². The van der Waals surface area contributed by atoms with Crippen molar-refractivity contribution in [3.05, 3.63) is 45.6 Å². The van der Waals surface area contributed by atoms with Crippen LogP contribution < -0.4 is 5.32 Å². The number of carbonyl (C=O) groups is 1. The lowest BCUT2D eigenvalue weighted by molar-refractivity contribution is -0.117. The van der Waals surface area contributed by atoms with E-state index in [-0.39, 0.29) is 12.5 Å². The Kier molecular flexibility index (Phi) is 6.93. The molecule has 0 fully saturated rings. The molecule has 2 aromatic rings. The first kappa shape index (κ1) is 17.8. The van der Waals surface area contributed by atoms with Gasteiger partial charge in [-0.3, -0.25) is 9.69 Å². The molecule has 0 radical (unpaired) electrons. The number of likely N-dealkylation sites (N-methyl/N-ethyl adjacent to an activating group) is 1. The average Bonchev–Trinajstić information content (AvgIpc) is 2.91. The van der Waals surface area contributed by atoms with E-state index in [1.807, 2.05) is 48.3 Å². The van der Waals surface area contributed by atoms with Crippen LogP contribution in [0.4, 0.5) is 5.69 Å². The lowest BCUT2D eigenvalue weighted by atomic mass is 10.3. The normalized spacial score (nSPS) is 10.5. The zero-order chi connectivity index (χ0) is 16.7. The van der Waals surface area contributed by atoms with E-state index < -0.39 is 0 Å². The van der Waals surface area contributed by atoms with Gasteiger partial charge in [-0.25, -0.2) is 0 Å². The van der Waals surface area contributed by atoms with Crippen LogP contribution in [-0.2, 0) is 11.3 Å². The van der Waals surface area contributed by atoms with Gasteiger partial charge in [0.05, 0.1) is 28.4 Å². The van der Waals surface area contributed by atoms with Crippen molar-refractivity contribution in [3.8, 4) is 6.07 Å². The zero-order valence-electron chi connectivity index (χ0n) is 12.6. The number of halogens is 1. The lowest BCUT2D eigenvalue weighted by Gasteiger charge is -2.16. The van der Waals surface area contributed by atoms with Crippen LogP contribution >= 0.6 is 34.7 Å². The molecule has 120 valence electrons. The van der Waals surface area contributed by atoms with Crippen LogP contribution in [0.2, 0.25) is 4.34 Å². The van der Waals surface area contributed by atoms with Crippen LogP contribution in [-0.4, -0.2) is 30.2 Å². The fourth-order valence-corrected chi connectivity index (χ4v) is 3.84. The minimum Gasteiger partial charge on any atom is -0.324 e. The molecular formula is C16H16ClN3OS2. The van der Waals surface area contributed by atoms with Crippen LogP contribution in [0.15, 0.2) is 41.3 Å². The second kappa shape index (κ2) is 8.94. The molecule has 1 N–H and O–H groups in total. The third kappa shape index (κ3) is 5.88. The van der Waals surface area contributed by atoms with Gasteiger partial charge in [-0.2, -0.15) is 5.26 Å². The highest BCUT2D eigenvalue weighted by Gasteiger charge is 2.11. The number of nitriles is 1. The predicted octanol–water partition coefficient (Wildman–Crippen LogP) is 4.09. The number of para-hydroxylation sites is 1. The molecule has 23 heavy (non-hydrogen) atoms. The molecule has 2 rings (SSSR count). The minimum absolute atomic E-state index is 0.0832. The van der Waals surface area contributed by atoms with E-state index >= 15 is 0 Å². The van der Waals surface area contributed by atoms with E-state index in [4.69, 9.17) is 16.9 Å². The standard InChI is InChI=1S/C16H16ClN3OS2/c1-20(10-12-6-7-15(17)23-12)11-16(21)19-13-4-2-3-5-14(13)22-9-8-18/h2-7H,9-11H2,1H3,(H,19,21). The Labute approximate surface area is 149 Å². The van der Waals surface area contributed by atoms with Gasteiger partial charge in [0.25, 0.3) is 0 Å². The number of carbonyl (C=O) groups excluding carboxylic acids is 1. The van der Waals surface area contributed by atoms with Gasteiger partial charge < -0.3 is 5.32 Å². The Morgan fingerprint density at radius 2 is 2.17 bits per heavy atom. The minimum atomic E-state index is -0.0832. The maximum atomic E-state index is 12.2. The highest BCUT2D eigenvalue weighted by Crippen LogP contribution is 2.26. The maximum Gasteiger partial charge on any atom is 0.238 e. The fourth-order valence-electron chi connectivity index (χ4n) is 2.00. The number of amides is 1. The Balaban J connectivity index is 1.90. The summed E-state index contributed by atoms with van der Waals surface area (Å²) in [6, 6.07) is 13.4. The van der Waals surface area contributed by atoms with Crippen molar-refractivity contribution in [2.75, 3.05) is 24.7 Å². The summed E-state index contributed by atoms with van der Waals surface area (Å²) in [4.78, 5) is 16.1. The molecule has 1 heterocycles. The molecule has 1 aromatic heterocycles. The summed E-state index contributed by atoms with van der Waals surface area (Å²) in [5, 5.41) is 11.6. The Morgan fingerprint density at radius 1 is 1.39 bits per heavy atom. The van der Waals surface area contributed by atoms with Gasteiger partial charge >= 0.3 is 0 Å². The van der Waals surface area contributed by atoms with Crippen LogP contribution in [0.3, 0.4) is 0 Å². The highest BCUT2D eigenvalue weighted by atomic mass is 35.5. The molecule has 0 bridgehead atoms. The largest absolute Gasteiger partial charge is 0.324 e. The van der Waals surface area contributed by atoms with E-state index in [1.165, 1.54) is 23.1 Å². The van der Waals surface area contributed by atoms with Gasteiger partial charge in [-0.05, 0) is 31.3 Å². The summed E-state index contributed by atoms with van der Waals surface area (Å²) in [7, 11) is 1.89. The van der Waals surface area contributed by atoms with E-state index in [0.717, 1.165) is 19.8 Å². The van der Waals surface area contributed by atoms with Gasteiger partial charge in [0.2, 0.25) is 5.91 Å². The summed E-state index contributed by atoms with van der Waals surface area (Å²) in [5.41, 5.74) is 0.741. The van der Waals surface area contributed by atoms with Gasteiger partial charge in [0, 0.05) is 16.3 Å². The number of hydrogen-bond acceptors (Lipinski definition) is 5. The molecule has 0 aliphatic carbocycles. The molecule has 0 saturated carbocycles. The Bertz CT molecular complexity index is 711. The second-order valence-electron chi connectivity index (χ2n) is 4.87. The third-order valence-corrected chi connectivity index (χ3v) is 5.08. The predicted molar refractivity (Wildman–Crippen MR) is 97.1 cm³/mol. The number of benzene rings is 1. The maximum absolute atomic E-state index is 12.2. The number of thiophene rings is 1. The quantitative estimate of drug-likeness (QED) is 0.751. The van der Waals surface area contributed by atoms with Crippen LogP contribution in [0.25, 0.3) is 0 Å². The first-order valence-electron chi connectivity index (χ1n) is 6.90. The molecule has 0 saturated heterocycles. The SMILES string of the molecule is CN(CC(=O)Nc1ccccc1SCC#N)Cc1ccc(Cl)s1. The van der Waals surface area contributed by atoms with Crippen LogP contribution in [0, 0.1) is 11.3 Å². The summed E-state index contributed by atoms with van der Waals surface area (Å²) in [6.07, 6.45) is 0. The van der Waals surface area contributed by atoms with Crippen LogP contribution in [0.5, 0.6) is 0 Å². The molecule has 0 spiro atoms. The second-order valence-corrected chi connectivity index (χ2v) is 7.69. The molecule has 7 heteroatoms. The first-order valence-corrected chi connectivity index (χ1v) is 9.08. The smallest absolute Gasteiger partial charge is 0.238 e. The van der Waals surface area contributed by atoms with Crippen molar-refractivity contribution in [1.29, 1.82) is 5.26 Å². The molecule has 4 nitrogen and oxygen atoms in total. The van der Waals surface area contributed by atoms with Crippen molar-refractivity contribution in [3.63, 3.8) is 0 Å². The molecule has 1 amide bonds. The van der Waals surface area contributed by atoms with E-state index in [2.05, 4.69) is 11.4 Å². The summed E-state index contributed by atoms with van der Waals surface area (Å²) in [6.45, 7) is 0.961. The number of nitrogens with one attached hydrogen (secondary N) is 1. The van der Waals surface area contributed by atoms with E-state index in [1.54, 1.807) is 0 Å². The van der Waals surface area contributed by atoms with Crippen molar-refractivity contribution < 1.29 is 4.79 Å². The average molecular weight is 366 g/mol. The number of thioether (sulfide) groups is 1. The number of nitrogens with zero attached hydrogens (tertiary/aromatic N) is 2. The lowest BCUT2D eigenvalue weighted by Crippen LogP contribution is -2.29. The summed E-state index contributed by atoms with van der Waals surface area (Å²) >= 11 is 8.84. The summed E-state index contributed by atoms with van der Waals surface area (Å²) in [5.74, 6) is 0.270. The molecular weight excluding hydrogens is 350 g/mol. The first-order chi connectivity index (χ1) is 11.1. The molecule has 0 aliphatic rings. The van der Waals surface area contributed by atoms with E-state index in [9.17, 15) is 4.79 Å². The van der Waals surface area contributed by atoms with Crippen LogP contribution in [0.1, 0.15) is 4.88 Å². The molecule has 0 atom stereocenters. The molecule has 1 aromatic carbocycles.